The van der Waals surface area contributed by atoms with Crippen molar-refractivity contribution in [3.05, 3.63) is 35.9 Å². The molecule has 0 amide bonds. The van der Waals surface area contributed by atoms with Crippen LogP contribution in [0.15, 0.2) is 30.3 Å². The molecule has 1 aliphatic heterocycles. The molecule has 104 valence electrons. The average Bonchev–Trinajstić information content (AvgIpc) is 3.21. The Kier molecular flexibility index (Phi) is 4.93. The Hall–Kier alpha value is -1.39. The smallest absolute Gasteiger partial charge is 0.340 e. The summed E-state index contributed by atoms with van der Waals surface area (Å²) in [5, 5.41) is 0. The van der Waals surface area contributed by atoms with Gasteiger partial charge in [0.2, 0.25) is 0 Å². The summed E-state index contributed by atoms with van der Waals surface area (Å²) in [5.41, 5.74) is 0.483. The largest absolute Gasteiger partial charge is 0.464 e. The first kappa shape index (κ1) is 14.0. The number of benzene rings is 1. The van der Waals surface area contributed by atoms with E-state index in [0.29, 0.717) is 32.8 Å². The van der Waals surface area contributed by atoms with Crippen LogP contribution in [0.2, 0.25) is 0 Å². The molecule has 4 heteroatoms. The van der Waals surface area contributed by atoms with Gasteiger partial charge in [-0.15, -0.1) is 0 Å². The van der Waals surface area contributed by atoms with Crippen molar-refractivity contribution < 1.29 is 19.0 Å². The van der Waals surface area contributed by atoms with E-state index in [4.69, 9.17) is 14.2 Å². The highest BCUT2D eigenvalue weighted by molar-refractivity contribution is 5.82. The minimum atomic E-state index is -0.674. The van der Waals surface area contributed by atoms with Crippen LogP contribution < -0.4 is 0 Å². The van der Waals surface area contributed by atoms with Gasteiger partial charge in [-0.2, -0.15) is 0 Å². The summed E-state index contributed by atoms with van der Waals surface area (Å²) >= 11 is 0. The molecule has 0 spiro atoms. The molecule has 0 bridgehead atoms. The van der Waals surface area contributed by atoms with E-state index in [0.717, 1.165) is 12.0 Å². The fourth-order valence-corrected chi connectivity index (χ4v) is 1.94. The highest BCUT2D eigenvalue weighted by atomic mass is 16.6. The predicted molar refractivity (Wildman–Crippen MR) is 70.6 cm³/mol. The summed E-state index contributed by atoms with van der Waals surface area (Å²) in [7, 11) is 0. The summed E-state index contributed by atoms with van der Waals surface area (Å²) in [5.74, 6) is -0.238. The van der Waals surface area contributed by atoms with E-state index in [9.17, 15) is 4.79 Å². The molecular weight excluding hydrogens is 244 g/mol. The van der Waals surface area contributed by atoms with Gasteiger partial charge in [-0.05, 0) is 25.3 Å². The average molecular weight is 264 g/mol. The summed E-state index contributed by atoms with van der Waals surface area (Å²) in [4.78, 5) is 11.6. The molecule has 2 rings (SSSR count). The second-order valence-electron chi connectivity index (χ2n) is 4.65. The highest BCUT2D eigenvalue weighted by Gasteiger charge is 2.53. The Morgan fingerprint density at radius 2 is 2.11 bits per heavy atom. The first-order valence-electron chi connectivity index (χ1n) is 6.70. The van der Waals surface area contributed by atoms with Crippen LogP contribution in [0.25, 0.3) is 0 Å². The molecule has 1 atom stereocenters. The number of hydrogen-bond acceptors (Lipinski definition) is 4. The van der Waals surface area contributed by atoms with Crippen molar-refractivity contribution in [2.24, 2.45) is 0 Å². The van der Waals surface area contributed by atoms with Gasteiger partial charge in [-0.25, -0.2) is 4.79 Å². The maximum absolute atomic E-state index is 11.6. The van der Waals surface area contributed by atoms with E-state index in [1.807, 2.05) is 30.3 Å². The van der Waals surface area contributed by atoms with E-state index < -0.39 is 5.60 Å². The van der Waals surface area contributed by atoms with Crippen molar-refractivity contribution in [1.82, 2.24) is 0 Å². The number of epoxide rings is 1. The molecule has 1 heterocycles. The van der Waals surface area contributed by atoms with Crippen LogP contribution in [-0.4, -0.2) is 31.4 Å². The molecule has 0 radical (unpaired) electrons. The number of rotatable bonds is 8. The maximum Gasteiger partial charge on any atom is 0.340 e. The second-order valence-corrected chi connectivity index (χ2v) is 4.65. The zero-order chi connectivity index (χ0) is 13.6. The van der Waals surface area contributed by atoms with Crippen molar-refractivity contribution in [2.75, 3.05) is 19.8 Å². The third kappa shape index (κ3) is 4.04. The number of carbonyl (C=O) groups excluding carboxylic acids is 1. The topological polar surface area (TPSA) is 48.1 Å². The Bertz CT molecular complexity index is 398. The molecule has 4 nitrogen and oxygen atoms in total. The first-order chi connectivity index (χ1) is 9.27. The van der Waals surface area contributed by atoms with Gasteiger partial charge in [0.05, 0.1) is 19.8 Å². The molecule has 0 N–H and O–H groups in total. The third-order valence-corrected chi connectivity index (χ3v) is 3.12. The maximum atomic E-state index is 11.6. The summed E-state index contributed by atoms with van der Waals surface area (Å²) in [6, 6.07) is 10.0. The number of hydrogen-bond donors (Lipinski definition) is 0. The Labute approximate surface area is 113 Å². The number of esters is 1. The molecule has 1 unspecified atom stereocenters. The monoisotopic (exact) mass is 264 g/mol. The summed E-state index contributed by atoms with van der Waals surface area (Å²) < 4.78 is 15.8. The highest BCUT2D eigenvalue weighted by Crippen LogP contribution is 2.33. The van der Waals surface area contributed by atoms with Gasteiger partial charge >= 0.3 is 5.97 Å². The molecule has 1 saturated heterocycles. The van der Waals surface area contributed by atoms with E-state index >= 15 is 0 Å². The minimum Gasteiger partial charge on any atom is -0.464 e. The molecule has 1 fully saturated rings. The lowest BCUT2D eigenvalue weighted by molar-refractivity contribution is -0.149. The van der Waals surface area contributed by atoms with E-state index in [-0.39, 0.29) is 5.97 Å². The summed E-state index contributed by atoms with van der Waals surface area (Å²) in [6.07, 6.45) is 1.46. The van der Waals surface area contributed by atoms with Gasteiger partial charge in [0, 0.05) is 6.61 Å². The van der Waals surface area contributed by atoms with Gasteiger partial charge in [0.1, 0.15) is 0 Å². The van der Waals surface area contributed by atoms with Crippen molar-refractivity contribution >= 4 is 5.97 Å². The standard InChI is InChI=1S/C15H20O4/c1-2-18-14(16)15(12-19-15)9-6-10-17-11-13-7-4-3-5-8-13/h3-5,7-8H,2,6,9-12H2,1H3. The van der Waals surface area contributed by atoms with E-state index in [1.165, 1.54) is 0 Å². The Morgan fingerprint density at radius 3 is 2.74 bits per heavy atom. The molecule has 1 aliphatic rings. The predicted octanol–water partition coefficient (Wildman–Crippen LogP) is 2.32. The van der Waals surface area contributed by atoms with Gasteiger partial charge in [-0.1, -0.05) is 30.3 Å². The van der Waals surface area contributed by atoms with Crippen LogP contribution >= 0.6 is 0 Å². The van der Waals surface area contributed by atoms with Gasteiger partial charge in [0.15, 0.2) is 5.60 Å². The lowest BCUT2D eigenvalue weighted by Crippen LogP contribution is -2.27. The fraction of sp³-hybridized carbons (Fsp3) is 0.533. The van der Waals surface area contributed by atoms with Crippen LogP contribution in [0.5, 0.6) is 0 Å². The second kappa shape index (κ2) is 6.68. The zero-order valence-corrected chi connectivity index (χ0v) is 11.3. The van der Waals surface area contributed by atoms with Crippen molar-refractivity contribution in [1.29, 1.82) is 0 Å². The molecule has 0 aromatic heterocycles. The minimum absolute atomic E-state index is 0.238. The molecular formula is C15H20O4. The quantitative estimate of drug-likeness (QED) is 0.411. The molecule has 1 aromatic rings. The van der Waals surface area contributed by atoms with E-state index in [2.05, 4.69) is 0 Å². The zero-order valence-electron chi connectivity index (χ0n) is 11.3. The van der Waals surface area contributed by atoms with Crippen molar-refractivity contribution in [2.45, 2.75) is 32.0 Å². The molecule has 1 aromatic carbocycles. The van der Waals surface area contributed by atoms with E-state index in [1.54, 1.807) is 6.92 Å². The molecule has 0 aliphatic carbocycles. The normalized spacial score (nSPS) is 21.1. The van der Waals surface area contributed by atoms with Crippen LogP contribution in [0.1, 0.15) is 25.3 Å². The van der Waals surface area contributed by atoms with Crippen LogP contribution in [0, 0.1) is 0 Å². The van der Waals surface area contributed by atoms with Crippen molar-refractivity contribution in [3.8, 4) is 0 Å². The molecule has 19 heavy (non-hydrogen) atoms. The lowest BCUT2D eigenvalue weighted by atomic mass is 10.1. The van der Waals surface area contributed by atoms with Crippen LogP contribution in [0.4, 0.5) is 0 Å². The van der Waals surface area contributed by atoms with Gasteiger partial charge in [0.25, 0.3) is 0 Å². The SMILES string of the molecule is CCOC(=O)C1(CCCOCc2ccccc2)CO1. The van der Waals surface area contributed by atoms with Gasteiger partial charge < -0.3 is 14.2 Å². The van der Waals surface area contributed by atoms with Gasteiger partial charge in [-0.3, -0.25) is 0 Å². The van der Waals surface area contributed by atoms with Crippen LogP contribution in [0.3, 0.4) is 0 Å². The number of carbonyl (C=O) groups is 1. The Balaban J connectivity index is 1.61. The molecule has 0 saturated carbocycles. The third-order valence-electron chi connectivity index (χ3n) is 3.12. The number of ether oxygens (including phenoxy) is 3. The van der Waals surface area contributed by atoms with Crippen LogP contribution in [-0.2, 0) is 25.6 Å². The Morgan fingerprint density at radius 1 is 1.37 bits per heavy atom. The first-order valence-corrected chi connectivity index (χ1v) is 6.70. The summed E-state index contributed by atoms with van der Waals surface area (Å²) in [6.45, 7) is 3.91. The lowest BCUT2D eigenvalue weighted by Gasteiger charge is -2.10. The fourth-order valence-electron chi connectivity index (χ4n) is 1.94. The van der Waals surface area contributed by atoms with Crippen molar-refractivity contribution in [3.63, 3.8) is 0 Å².